The lowest BCUT2D eigenvalue weighted by molar-refractivity contribution is 0.0708. The Labute approximate surface area is 177 Å². The maximum Gasteiger partial charge on any atom is 0.488 e. The van der Waals surface area contributed by atoms with Gasteiger partial charge < -0.3 is 19.9 Å². The third-order valence-corrected chi connectivity index (χ3v) is 6.02. The molecule has 6 heteroatoms. The van der Waals surface area contributed by atoms with Gasteiger partial charge in [0.15, 0.2) is 0 Å². The van der Waals surface area contributed by atoms with Gasteiger partial charge in [-0.3, -0.25) is 4.79 Å². The predicted octanol–water partition coefficient (Wildman–Crippen LogP) is 3.07. The molecular weight excluding hydrogens is 375 g/mol. The average Bonchev–Trinajstić information content (AvgIpc) is 3.16. The fraction of sp³-hybridized carbons (Fsp3) is 0.375. The first kappa shape index (κ1) is 20.7. The summed E-state index contributed by atoms with van der Waals surface area (Å²) in [6, 6.07) is 15.8. The molecule has 5 nitrogen and oxygen atoms in total. The molecule has 0 unspecified atom stereocenters. The number of benzene rings is 2. The molecular formula is C24H29BN2O3. The minimum atomic E-state index is -1.51. The van der Waals surface area contributed by atoms with Crippen molar-refractivity contribution in [1.82, 2.24) is 9.88 Å². The Morgan fingerprint density at radius 2 is 1.90 bits per heavy atom. The fourth-order valence-corrected chi connectivity index (χ4v) is 4.46. The number of aromatic nitrogens is 1. The summed E-state index contributed by atoms with van der Waals surface area (Å²) in [5, 5.41) is 19.5. The summed E-state index contributed by atoms with van der Waals surface area (Å²) in [6.45, 7) is 5.98. The third kappa shape index (κ3) is 4.45. The monoisotopic (exact) mass is 404 g/mol. The number of amides is 1. The molecule has 1 aliphatic heterocycles. The lowest BCUT2D eigenvalue weighted by Crippen LogP contribution is -2.38. The number of nitrogens with zero attached hydrogens (tertiary/aromatic N) is 1. The number of fused-ring (bicyclic) bond motifs is 1. The van der Waals surface area contributed by atoms with Crippen molar-refractivity contribution in [1.29, 1.82) is 0 Å². The van der Waals surface area contributed by atoms with Crippen LogP contribution < -0.4 is 5.46 Å². The van der Waals surface area contributed by atoms with Crippen LogP contribution in [0, 0.1) is 5.92 Å². The van der Waals surface area contributed by atoms with E-state index in [0.29, 0.717) is 23.0 Å². The zero-order chi connectivity index (χ0) is 21.3. The van der Waals surface area contributed by atoms with Crippen LogP contribution in [0.2, 0.25) is 0 Å². The Kier molecular flexibility index (Phi) is 5.98. The van der Waals surface area contributed by atoms with Gasteiger partial charge in [-0.15, -0.1) is 0 Å². The molecule has 30 heavy (non-hydrogen) atoms. The topological polar surface area (TPSA) is 76.6 Å². The van der Waals surface area contributed by atoms with Crippen molar-refractivity contribution in [3.63, 3.8) is 0 Å². The van der Waals surface area contributed by atoms with Crippen molar-refractivity contribution >= 4 is 29.4 Å². The summed E-state index contributed by atoms with van der Waals surface area (Å²) in [7, 11) is -1.51. The molecule has 4 rings (SSSR count). The minimum absolute atomic E-state index is 0.00399. The number of carbonyl (C=O) groups is 1. The smallest absolute Gasteiger partial charge is 0.423 e. The van der Waals surface area contributed by atoms with E-state index in [-0.39, 0.29) is 5.91 Å². The first-order chi connectivity index (χ1) is 14.4. The highest BCUT2D eigenvalue weighted by atomic mass is 16.4. The molecule has 1 amide bonds. The van der Waals surface area contributed by atoms with Crippen LogP contribution in [0.4, 0.5) is 0 Å². The van der Waals surface area contributed by atoms with E-state index in [1.165, 1.54) is 11.1 Å². The number of likely N-dealkylation sites (tertiary alicyclic amines) is 1. The molecule has 0 bridgehead atoms. The number of H-pyrrole nitrogens is 1. The summed E-state index contributed by atoms with van der Waals surface area (Å²) < 4.78 is 0. The lowest BCUT2D eigenvalue weighted by atomic mass is 9.80. The van der Waals surface area contributed by atoms with Crippen LogP contribution in [-0.2, 0) is 6.42 Å². The largest absolute Gasteiger partial charge is 0.488 e. The van der Waals surface area contributed by atoms with Crippen LogP contribution in [0.25, 0.3) is 10.9 Å². The summed E-state index contributed by atoms with van der Waals surface area (Å²) in [6.07, 6.45) is 3.04. The van der Waals surface area contributed by atoms with E-state index in [1.54, 1.807) is 24.3 Å². The summed E-state index contributed by atoms with van der Waals surface area (Å²) in [5.74, 6) is 1.15. The third-order valence-electron chi connectivity index (χ3n) is 6.02. The number of hydrogen-bond acceptors (Lipinski definition) is 3. The van der Waals surface area contributed by atoms with Crippen molar-refractivity contribution < 1.29 is 14.8 Å². The second-order valence-corrected chi connectivity index (χ2v) is 8.81. The number of aromatic amines is 1. The van der Waals surface area contributed by atoms with E-state index in [1.807, 2.05) is 4.90 Å². The van der Waals surface area contributed by atoms with Crippen molar-refractivity contribution in [3.05, 3.63) is 65.4 Å². The number of nitrogens with one attached hydrogen (secondary N) is 1. The summed E-state index contributed by atoms with van der Waals surface area (Å²) in [4.78, 5) is 18.1. The van der Waals surface area contributed by atoms with E-state index < -0.39 is 7.12 Å². The molecule has 3 aromatic rings. The average molecular weight is 404 g/mol. The molecule has 2 aromatic carbocycles. The van der Waals surface area contributed by atoms with E-state index in [9.17, 15) is 14.8 Å². The first-order valence-electron chi connectivity index (χ1n) is 10.8. The van der Waals surface area contributed by atoms with Crippen LogP contribution in [0.15, 0.2) is 48.5 Å². The van der Waals surface area contributed by atoms with Gasteiger partial charge in [0.05, 0.1) is 0 Å². The molecule has 0 spiro atoms. The van der Waals surface area contributed by atoms with E-state index >= 15 is 0 Å². The van der Waals surface area contributed by atoms with Crippen LogP contribution in [-0.4, -0.2) is 46.0 Å². The number of rotatable bonds is 5. The van der Waals surface area contributed by atoms with Crippen molar-refractivity contribution in [3.8, 4) is 0 Å². The molecule has 0 aliphatic carbocycles. The lowest BCUT2D eigenvalue weighted by Gasteiger charge is -2.32. The quantitative estimate of drug-likeness (QED) is 0.572. The number of carbonyl (C=O) groups excluding carboxylic acids is 1. The minimum Gasteiger partial charge on any atom is -0.423 e. The van der Waals surface area contributed by atoms with Gasteiger partial charge in [-0.05, 0) is 65.2 Å². The van der Waals surface area contributed by atoms with Gasteiger partial charge in [-0.2, -0.15) is 0 Å². The maximum absolute atomic E-state index is 13.0. The molecule has 1 saturated heterocycles. The summed E-state index contributed by atoms with van der Waals surface area (Å²) >= 11 is 0. The van der Waals surface area contributed by atoms with E-state index in [0.717, 1.165) is 43.3 Å². The van der Waals surface area contributed by atoms with Crippen LogP contribution >= 0.6 is 0 Å². The van der Waals surface area contributed by atoms with Crippen LogP contribution in [0.5, 0.6) is 0 Å². The second-order valence-electron chi connectivity index (χ2n) is 8.81. The van der Waals surface area contributed by atoms with Gasteiger partial charge in [0.25, 0.3) is 5.91 Å². The van der Waals surface area contributed by atoms with Crippen molar-refractivity contribution in [2.75, 3.05) is 13.1 Å². The Bertz CT molecular complexity index is 1040. The molecule has 0 saturated carbocycles. The zero-order valence-electron chi connectivity index (χ0n) is 17.6. The molecule has 0 atom stereocenters. The predicted molar refractivity (Wildman–Crippen MR) is 121 cm³/mol. The Morgan fingerprint density at radius 1 is 1.13 bits per heavy atom. The van der Waals surface area contributed by atoms with Crippen LogP contribution in [0.1, 0.15) is 54.2 Å². The molecule has 2 heterocycles. The molecule has 0 radical (unpaired) electrons. The second kappa shape index (κ2) is 8.66. The number of piperidine rings is 1. The Hall–Kier alpha value is -2.57. The van der Waals surface area contributed by atoms with E-state index in [2.05, 4.69) is 43.1 Å². The van der Waals surface area contributed by atoms with Gasteiger partial charge in [0.1, 0.15) is 5.69 Å². The molecule has 1 aromatic heterocycles. The maximum atomic E-state index is 13.0. The molecule has 1 fully saturated rings. The highest BCUT2D eigenvalue weighted by Crippen LogP contribution is 2.30. The van der Waals surface area contributed by atoms with Gasteiger partial charge in [0.2, 0.25) is 0 Å². The van der Waals surface area contributed by atoms with Crippen LogP contribution in [0.3, 0.4) is 0 Å². The highest BCUT2D eigenvalue weighted by Gasteiger charge is 2.26. The zero-order valence-corrected chi connectivity index (χ0v) is 17.6. The number of hydrogen-bond donors (Lipinski definition) is 3. The van der Waals surface area contributed by atoms with Gasteiger partial charge in [-0.25, -0.2) is 0 Å². The Morgan fingerprint density at radius 3 is 2.60 bits per heavy atom. The normalized spacial score (nSPS) is 15.2. The molecule has 3 N–H and O–H groups in total. The SMILES string of the molecule is CC(C)Cc1cccc(C2CCN(C(=O)c3cc4cc(B(O)O)ccc4[nH]3)CC2)c1. The van der Waals surface area contributed by atoms with Gasteiger partial charge in [-0.1, -0.05) is 50.2 Å². The highest BCUT2D eigenvalue weighted by molar-refractivity contribution is 6.58. The first-order valence-corrected chi connectivity index (χ1v) is 10.8. The van der Waals surface area contributed by atoms with Crippen molar-refractivity contribution in [2.24, 2.45) is 5.92 Å². The van der Waals surface area contributed by atoms with Crippen molar-refractivity contribution in [2.45, 2.75) is 39.0 Å². The Balaban J connectivity index is 1.43. The van der Waals surface area contributed by atoms with Gasteiger partial charge in [0, 0.05) is 18.6 Å². The fourth-order valence-electron chi connectivity index (χ4n) is 4.46. The van der Waals surface area contributed by atoms with Gasteiger partial charge >= 0.3 is 7.12 Å². The van der Waals surface area contributed by atoms with E-state index in [4.69, 9.17) is 0 Å². The molecule has 1 aliphatic rings. The standard InChI is InChI=1S/C24H29BN2O3/c1-16(2)12-17-4-3-5-19(13-17)18-8-10-27(11-9-18)24(28)23-15-20-14-21(25(29)30)6-7-22(20)26-23/h3-7,13-16,18,26,29-30H,8-12H2,1-2H3. The summed E-state index contributed by atoms with van der Waals surface area (Å²) in [5.41, 5.74) is 4.57. The molecule has 156 valence electrons.